The Labute approximate surface area is 309 Å². The molecule has 4 aromatic rings. The first-order chi connectivity index (χ1) is 22.9. The molecule has 254 valence electrons. The minimum atomic E-state index is -2.76. The first-order valence-corrected chi connectivity index (χ1v) is 21.5. The van der Waals surface area contributed by atoms with Gasteiger partial charge in [-0.05, 0) is 0 Å². The van der Waals surface area contributed by atoms with Gasteiger partial charge in [0.05, 0.1) is 0 Å². The van der Waals surface area contributed by atoms with Gasteiger partial charge in [0.15, 0.2) is 0 Å². The SMILES string of the molecule is COc1ccc(-c2cccc3c2C=C(C(C)C)[CH]3[Ti+2]2([CH]3C(C(C)C)=Cc4c(-c5ccc(OC)cc5)cccc43)[CH]3CCCC[CH]32)cc1.[Cl-].[Cl-]. The van der Waals surface area contributed by atoms with Gasteiger partial charge in [0.1, 0.15) is 0 Å². The second-order valence-corrected chi connectivity index (χ2v) is 22.3. The number of ether oxygens (including phenoxy) is 2. The third-order valence-corrected chi connectivity index (χ3v) is 23.0. The molecular weight excluding hydrogens is 679 g/mol. The first-order valence-electron chi connectivity index (χ1n) is 17.9. The summed E-state index contributed by atoms with van der Waals surface area (Å²) in [7, 11) is 3.50. The van der Waals surface area contributed by atoms with Crippen molar-refractivity contribution in [2.45, 2.75) is 70.3 Å². The molecule has 4 aromatic carbocycles. The first kappa shape index (κ1) is 36.1. The van der Waals surface area contributed by atoms with E-state index in [1.54, 1.807) is 36.5 Å². The molecular formula is C44H48Cl2O2Ti. The number of hydrogen-bond donors (Lipinski definition) is 0. The van der Waals surface area contributed by atoms with Crippen LogP contribution in [0.25, 0.3) is 34.4 Å². The predicted molar refractivity (Wildman–Crippen MR) is 194 cm³/mol. The fourth-order valence-electron chi connectivity index (χ4n) is 10.3. The Morgan fingerprint density at radius 2 is 0.939 bits per heavy atom. The fourth-order valence-corrected chi connectivity index (χ4v) is 24.8. The number of fused-ring (bicyclic) bond motifs is 3. The van der Waals surface area contributed by atoms with Crippen LogP contribution in [0.1, 0.15) is 84.1 Å². The predicted octanol–water partition coefficient (Wildman–Crippen LogP) is 6.25. The monoisotopic (exact) mass is 726 g/mol. The minimum absolute atomic E-state index is 0. The van der Waals surface area contributed by atoms with Gasteiger partial charge in [0, 0.05) is 0 Å². The molecule has 4 unspecified atom stereocenters. The number of hydrogen-bond acceptors (Lipinski definition) is 2. The zero-order valence-corrected chi connectivity index (χ0v) is 32.7. The molecule has 0 spiro atoms. The molecule has 0 bridgehead atoms. The molecule has 4 atom stereocenters. The van der Waals surface area contributed by atoms with Crippen LogP contribution in [0.5, 0.6) is 11.5 Å². The summed E-state index contributed by atoms with van der Waals surface area (Å²) in [4.78, 5) is 0. The Morgan fingerprint density at radius 1 is 0.551 bits per heavy atom. The summed E-state index contributed by atoms with van der Waals surface area (Å²) < 4.78 is 14.1. The third kappa shape index (κ3) is 5.66. The quantitative estimate of drug-likeness (QED) is 0.200. The summed E-state index contributed by atoms with van der Waals surface area (Å²) in [6, 6.07) is 31.9. The molecule has 8 rings (SSSR count). The zero-order valence-electron chi connectivity index (χ0n) is 29.6. The van der Waals surface area contributed by atoms with Crippen molar-refractivity contribution in [3.05, 3.63) is 118 Å². The van der Waals surface area contributed by atoms with E-state index in [-0.39, 0.29) is 24.8 Å². The van der Waals surface area contributed by atoms with Gasteiger partial charge in [0.25, 0.3) is 0 Å². The molecule has 0 N–H and O–H groups in total. The number of methoxy groups -OCH3 is 2. The van der Waals surface area contributed by atoms with Gasteiger partial charge in [-0.15, -0.1) is 0 Å². The van der Waals surface area contributed by atoms with E-state index in [9.17, 15) is 0 Å². The summed E-state index contributed by atoms with van der Waals surface area (Å²) in [6.45, 7) is 9.85. The van der Waals surface area contributed by atoms with Crippen molar-refractivity contribution in [3.63, 3.8) is 0 Å². The van der Waals surface area contributed by atoms with Crippen LogP contribution in [0.3, 0.4) is 0 Å². The number of benzene rings is 4. The van der Waals surface area contributed by atoms with Crippen LogP contribution >= 0.6 is 0 Å². The summed E-state index contributed by atoms with van der Waals surface area (Å²) in [6.07, 6.45) is 11.0. The van der Waals surface area contributed by atoms with Gasteiger partial charge >= 0.3 is 287 Å². The molecule has 0 aromatic heterocycles. The second kappa shape index (κ2) is 14.1. The van der Waals surface area contributed by atoms with E-state index in [1.807, 2.05) is 0 Å². The van der Waals surface area contributed by atoms with E-state index >= 15 is 0 Å². The van der Waals surface area contributed by atoms with Crippen molar-refractivity contribution in [3.8, 4) is 33.8 Å². The van der Waals surface area contributed by atoms with E-state index in [2.05, 4.69) is 125 Å². The van der Waals surface area contributed by atoms with Gasteiger partial charge in [-0.3, -0.25) is 0 Å². The van der Waals surface area contributed by atoms with Gasteiger partial charge in [0.2, 0.25) is 0 Å². The maximum absolute atomic E-state index is 5.52. The Bertz CT molecular complexity index is 1750. The number of rotatable bonds is 8. The molecule has 3 aliphatic carbocycles. The van der Waals surface area contributed by atoms with Crippen LogP contribution in [0, 0.1) is 11.8 Å². The number of halogens is 2. The molecule has 1 aliphatic heterocycles. The largest absolute Gasteiger partial charge is 1.00 e. The van der Waals surface area contributed by atoms with Crippen molar-refractivity contribution in [1.82, 2.24) is 0 Å². The Morgan fingerprint density at radius 3 is 1.29 bits per heavy atom. The van der Waals surface area contributed by atoms with E-state index in [0.717, 1.165) is 19.9 Å². The van der Waals surface area contributed by atoms with E-state index in [1.165, 1.54) is 59.1 Å². The maximum atomic E-state index is 5.52. The second-order valence-electron chi connectivity index (χ2n) is 15.0. The van der Waals surface area contributed by atoms with Crippen molar-refractivity contribution in [2.24, 2.45) is 11.8 Å². The summed E-state index contributed by atoms with van der Waals surface area (Å²) in [5, 5.41) is 0. The third-order valence-electron chi connectivity index (χ3n) is 12.3. The minimum Gasteiger partial charge on any atom is -1.00 e. The Balaban J connectivity index is 0.00000208. The maximum Gasteiger partial charge on any atom is -1.00 e. The van der Waals surface area contributed by atoms with Crippen molar-refractivity contribution < 1.29 is 50.9 Å². The standard InChI is InChI=1S/2C19H19O.C6H10.2ClH.Ti/c2*1-13(2)16-11-15-5-4-6-18(19(15)12-16)14-7-9-17(20-3)10-8-14;1-2-4-6-5-3-1;;;/h2*4-13H,1-3H3;1-2H,3-6H2;2*1H;/q;;;;;+2/p-2. The zero-order chi connectivity index (χ0) is 32.4. The van der Waals surface area contributed by atoms with Crippen LogP contribution < -0.4 is 34.3 Å². The smallest absolute Gasteiger partial charge is 1.00 e. The van der Waals surface area contributed by atoms with Crippen LogP contribution in [0.15, 0.2) is 96.1 Å². The molecule has 49 heavy (non-hydrogen) atoms. The van der Waals surface area contributed by atoms with Crippen LogP contribution in [0.2, 0.25) is 8.45 Å². The Hall–Kier alpha value is -2.75. The average Bonchev–Trinajstić information content (AvgIpc) is 3.37. The molecule has 0 radical (unpaired) electrons. The summed E-state index contributed by atoms with van der Waals surface area (Å²) in [5.41, 5.74) is 15.0. The summed E-state index contributed by atoms with van der Waals surface area (Å²) in [5.74, 6) is 2.88. The van der Waals surface area contributed by atoms with E-state index in [4.69, 9.17) is 9.47 Å². The molecule has 1 saturated carbocycles. The summed E-state index contributed by atoms with van der Waals surface area (Å²) >= 11 is -2.76. The van der Waals surface area contributed by atoms with Gasteiger partial charge in [-0.25, -0.2) is 0 Å². The van der Waals surface area contributed by atoms with Crippen molar-refractivity contribution >= 4 is 12.2 Å². The molecule has 4 aliphatic rings. The Kier molecular flexibility index (Phi) is 10.4. The van der Waals surface area contributed by atoms with Gasteiger partial charge in [-0.2, -0.15) is 0 Å². The molecule has 1 heterocycles. The van der Waals surface area contributed by atoms with Crippen LogP contribution in [-0.4, -0.2) is 14.2 Å². The normalized spacial score (nSPS) is 23.3. The van der Waals surface area contributed by atoms with Crippen LogP contribution in [-0.2, 0) is 16.6 Å². The van der Waals surface area contributed by atoms with Crippen LogP contribution in [0.4, 0.5) is 0 Å². The van der Waals surface area contributed by atoms with E-state index < -0.39 is 16.6 Å². The van der Waals surface area contributed by atoms with Gasteiger partial charge < -0.3 is 24.8 Å². The fraction of sp³-hybridized carbons (Fsp3) is 0.364. The molecule has 2 fully saturated rings. The molecule has 5 heteroatoms. The number of allylic oxidation sites excluding steroid dienone is 2. The van der Waals surface area contributed by atoms with Crippen molar-refractivity contribution in [2.75, 3.05) is 14.2 Å². The topological polar surface area (TPSA) is 18.5 Å². The molecule has 0 amide bonds. The van der Waals surface area contributed by atoms with Crippen molar-refractivity contribution in [1.29, 1.82) is 0 Å². The molecule has 1 saturated heterocycles. The average molecular weight is 728 g/mol. The molecule has 2 nitrogen and oxygen atoms in total. The van der Waals surface area contributed by atoms with Gasteiger partial charge in [-0.1, -0.05) is 0 Å². The van der Waals surface area contributed by atoms with E-state index in [0.29, 0.717) is 20.3 Å².